The Morgan fingerprint density at radius 2 is 1.76 bits per heavy atom. The first-order chi connectivity index (χ1) is 10.1. The number of rotatable bonds is 8. The van der Waals surface area contributed by atoms with Crippen LogP contribution in [0.2, 0.25) is 0 Å². The number of aliphatic hydroxyl groups is 1. The molecular weight excluding hydrogens is 264 g/mol. The molecule has 21 heavy (non-hydrogen) atoms. The lowest BCUT2D eigenvalue weighted by Gasteiger charge is -2.36. The van der Waals surface area contributed by atoms with Gasteiger partial charge in [0.25, 0.3) is 0 Å². The largest absolute Gasteiger partial charge is 0.389 e. The van der Waals surface area contributed by atoms with Gasteiger partial charge in [-0.3, -0.25) is 0 Å². The summed E-state index contributed by atoms with van der Waals surface area (Å²) >= 11 is 0. The third kappa shape index (κ3) is 6.23. The van der Waals surface area contributed by atoms with E-state index in [2.05, 4.69) is 24.1 Å². The SMILES string of the molecule is CC(C)COCC(O)CNC1CCN(C2CCCC2)CC1. The molecule has 0 bridgehead atoms. The van der Waals surface area contributed by atoms with Gasteiger partial charge < -0.3 is 20.1 Å². The summed E-state index contributed by atoms with van der Waals surface area (Å²) in [6.07, 6.45) is 7.72. The van der Waals surface area contributed by atoms with E-state index in [1.165, 1.54) is 51.6 Å². The van der Waals surface area contributed by atoms with E-state index in [0.717, 1.165) is 12.6 Å². The Bertz CT molecular complexity index is 272. The maximum Gasteiger partial charge on any atom is 0.0897 e. The molecule has 1 aliphatic carbocycles. The van der Waals surface area contributed by atoms with Crippen molar-refractivity contribution in [1.29, 1.82) is 0 Å². The molecular formula is C17H34N2O2. The average molecular weight is 298 g/mol. The normalized spacial score (nSPS) is 24.0. The summed E-state index contributed by atoms with van der Waals surface area (Å²) < 4.78 is 5.48. The minimum atomic E-state index is -0.378. The number of hydrogen-bond donors (Lipinski definition) is 2. The summed E-state index contributed by atoms with van der Waals surface area (Å²) in [5, 5.41) is 13.4. The maximum atomic E-state index is 9.92. The van der Waals surface area contributed by atoms with Crippen molar-refractivity contribution in [2.24, 2.45) is 5.92 Å². The molecule has 4 heteroatoms. The fourth-order valence-electron chi connectivity index (χ4n) is 3.54. The smallest absolute Gasteiger partial charge is 0.0897 e. The van der Waals surface area contributed by atoms with E-state index >= 15 is 0 Å². The van der Waals surface area contributed by atoms with Crippen LogP contribution in [-0.4, -0.2) is 61.0 Å². The fraction of sp³-hybridized carbons (Fsp3) is 1.00. The first-order valence-corrected chi connectivity index (χ1v) is 8.88. The summed E-state index contributed by atoms with van der Waals surface area (Å²) in [5.41, 5.74) is 0. The van der Waals surface area contributed by atoms with Crippen LogP contribution in [0, 0.1) is 5.92 Å². The van der Waals surface area contributed by atoms with Crippen molar-refractivity contribution in [2.45, 2.75) is 70.6 Å². The van der Waals surface area contributed by atoms with Gasteiger partial charge in [-0.05, 0) is 44.7 Å². The minimum absolute atomic E-state index is 0.378. The second-order valence-electron chi connectivity index (χ2n) is 7.24. The molecule has 0 aromatic heterocycles. The summed E-state index contributed by atoms with van der Waals surface area (Å²) in [7, 11) is 0. The van der Waals surface area contributed by atoms with Gasteiger partial charge in [0, 0.05) is 25.2 Å². The van der Waals surface area contributed by atoms with Crippen LogP contribution in [0.3, 0.4) is 0 Å². The van der Waals surface area contributed by atoms with E-state index < -0.39 is 0 Å². The average Bonchev–Trinajstić information content (AvgIpc) is 2.99. The summed E-state index contributed by atoms with van der Waals surface area (Å²) in [6, 6.07) is 1.43. The lowest BCUT2D eigenvalue weighted by Crippen LogP contribution is -2.47. The molecule has 1 saturated heterocycles. The van der Waals surface area contributed by atoms with Crippen LogP contribution in [-0.2, 0) is 4.74 Å². The molecule has 0 amide bonds. The molecule has 1 unspecified atom stereocenters. The topological polar surface area (TPSA) is 44.7 Å². The number of nitrogens with zero attached hydrogens (tertiary/aromatic N) is 1. The highest BCUT2D eigenvalue weighted by molar-refractivity contribution is 4.84. The molecule has 0 spiro atoms. The van der Waals surface area contributed by atoms with Crippen molar-refractivity contribution in [3.8, 4) is 0 Å². The van der Waals surface area contributed by atoms with Crippen molar-refractivity contribution < 1.29 is 9.84 Å². The number of nitrogens with one attached hydrogen (secondary N) is 1. The van der Waals surface area contributed by atoms with E-state index in [0.29, 0.717) is 25.1 Å². The number of aliphatic hydroxyl groups excluding tert-OH is 1. The van der Waals surface area contributed by atoms with Gasteiger partial charge >= 0.3 is 0 Å². The van der Waals surface area contributed by atoms with Gasteiger partial charge in [-0.1, -0.05) is 26.7 Å². The van der Waals surface area contributed by atoms with Crippen LogP contribution >= 0.6 is 0 Å². The highest BCUT2D eigenvalue weighted by atomic mass is 16.5. The molecule has 1 saturated carbocycles. The molecule has 2 rings (SSSR count). The van der Waals surface area contributed by atoms with E-state index in [-0.39, 0.29) is 6.10 Å². The molecule has 0 aromatic rings. The number of piperidine rings is 1. The molecule has 124 valence electrons. The highest BCUT2D eigenvalue weighted by Crippen LogP contribution is 2.26. The predicted octanol–water partition coefficient (Wildman–Crippen LogP) is 2.02. The molecule has 0 aromatic carbocycles. The Kier molecular flexibility index (Phi) is 7.44. The van der Waals surface area contributed by atoms with Crippen LogP contribution < -0.4 is 5.32 Å². The zero-order valence-corrected chi connectivity index (χ0v) is 13.9. The van der Waals surface area contributed by atoms with Gasteiger partial charge in [-0.25, -0.2) is 0 Å². The summed E-state index contributed by atoms with van der Waals surface area (Å²) in [6.45, 7) is 8.55. The first-order valence-electron chi connectivity index (χ1n) is 8.88. The third-order valence-electron chi connectivity index (χ3n) is 4.77. The van der Waals surface area contributed by atoms with Crippen molar-refractivity contribution in [1.82, 2.24) is 10.2 Å². The second-order valence-corrected chi connectivity index (χ2v) is 7.24. The lowest BCUT2D eigenvalue weighted by atomic mass is 10.0. The fourth-order valence-corrected chi connectivity index (χ4v) is 3.54. The van der Waals surface area contributed by atoms with Crippen molar-refractivity contribution >= 4 is 0 Å². The summed E-state index contributed by atoms with van der Waals surface area (Å²) in [4.78, 5) is 2.69. The van der Waals surface area contributed by atoms with Crippen molar-refractivity contribution in [3.63, 3.8) is 0 Å². The molecule has 1 aliphatic heterocycles. The predicted molar refractivity (Wildman–Crippen MR) is 86.5 cm³/mol. The molecule has 4 nitrogen and oxygen atoms in total. The van der Waals surface area contributed by atoms with Gasteiger partial charge in [0.05, 0.1) is 12.7 Å². The van der Waals surface area contributed by atoms with Gasteiger partial charge in [-0.15, -0.1) is 0 Å². The van der Waals surface area contributed by atoms with Gasteiger partial charge in [-0.2, -0.15) is 0 Å². The van der Waals surface area contributed by atoms with Crippen molar-refractivity contribution in [3.05, 3.63) is 0 Å². The van der Waals surface area contributed by atoms with E-state index in [1.54, 1.807) is 0 Å². The van der Waals surface area contributed by atoms with Crippen LogP contribution in [0.15, 0.2) is 0 Å². The van der Waals surface area contributed by atoms with E-state index in [4.69, 9.17) is 4.74 Å². The Labute approximate surface area is 130 Å². The summed E-state index contributed by atoms with van der Waals surface area (Å²) in [5.74, 6) is 0.532. The van der Waals surface area contributed by atoms with Crippen LogP contribution in [0.1, 0.15) is 52.4 Å². The maximum absolute atomic E-state index is 9.92. The molecule has 2 aliphatic rings. The standard InChI is InChI=1S/C17H34N2O2/c1-14(2)12-21-13-17(20)11-18-15-7-9-19(10-8-15)16-5-3-4-6-16/h14-18,20H,3-13H2,1-2H3. The molecule has 2 N–H and O–H groups in total. The van der Waals surface area contributed by atoms with Crippen LogP contribution in [0.25, 0.3) is 0 Å². The molecule has 1 heterocycles. The Balaban J connectivity index is 1.54. The Morgan fingerprint density at radius 3 is 2.38 bits per heavy atom. The number of ether oxygens (including phenoxy) is 1. The highest BCUT2D eigenvalue weighted by Gasteiger charge is 2.26. The Morgan fingerprint density at radius 1 is 1.10 bits per heavy atom. The quantitative estimate of drug-likeness (QED) is 0.719. The first kappa shape index (κ1) is 17.2. The molecule has 0 radical (unpaired) electrons. The third-order valence-corrected chi connectivity index (χ3v) is 4.77. The number of likely N-dealkylation sites (tertiary alicyclic amines) is 1. The lowest BCUT2D eigenvalue weighted by molar-refractivity contribution is 0.0234. The van der Waals surface area contributed by atoms with Crippen molar-refractivity contribution in [2.75, 3.05) is 32.8 Å². The van der Waals surface area contributed by atoms with Gasteiger partial charge in [0.2, 0.25) is 0 Å². The van der Waals surface area contributed by atoms with E-state index in [9.17, 15) is 5.11 Å². The van der Waals surface area contributed by atoms with Crippen LogP contribution in [0.4, 0.5) is 0 Å². The van der Waals surface area contributed by atoms with Crippen LogP contribution in [0.5, 0.6) is 0 Å². The number of hydrogen-bond acceptors (Lipinski definition) is 4. The van der Waals surface area contributed by atoms with Gasteiger partial charge in [0.1, 0.15) is 0 Å². The Hall–Kier alpha value is -0.160. The zero-order chi connectivity index (χ0) is 15.1. The van der Waals surface area contributed by atoms with Gasteiger partial charge in [0.15, 0.2) is 0 Å². The second kappa shape index (κ2) is 9.09. The zero-order valence-electron chi connectivity index (χ0n) is 13.9. The molecule has 2 fully saturated rings. The van der Waals surface area contributed by atoms with E-state index in [1.807, 2.05) is 0 Å². The molecule has 1 atom stereocenters. The monoisotopic (exact) mass is 298 g/mol. The minimum Gasteiger partial charge on any atom is -0.389 e.